The minimum absolute atomic E-state index is 0.0310. The minimum Gasteiger partial charge on any atom is -0.496 e. The van der Waals surface area contributed by atoms with Gasteiger partial charge in [-0.1, -0.05) is 18.2 Å². The van der Waals surface area contributed by atoms with Gasteiger partial charge < -0.3 is 14.0 Å². The number of ether oxygens (including phenoxy) is 2. The summed E-state index contributed by atoms with van der Waals surface area (Å²) in [5, 5.41) is 1.21. The lowest BCUT2D eigenvalue weighted by molar-refractivity contribution is -0.137. The minimum atomic E-state index is -0.383. The van der Waals surface area contributed by atoms with Crippen LogP contribution in [0.1, 0.15) is 13.8 Å². The third-order valence-electron chi connectivity index (χ3n) is 2.94. The molecule has 1 heterocycles. The number of para-hydroxylation sites is 1. The van der Waals surface area contributed by atoms with E-state index in [2.05, 4.69) is 22.8 Å². The predicted octanol–water partition coefficient (Wildman–Crippen LogP) is 3.12. The molecule has 106 valence electrons. The van der Waals surface area contributed by atoms with Gasteiger partial charge in [0.25, 0.3) is 0 Å². The zero-order chi connectivity index (χ0) is 14.4. The predicted molar refractivity (Wildman–Crippen MR) is 78.3 cm³/mol. The summed E-state index contributed by atoms with van der Waals surface area (Å²) in [6, 6.07) is 10.3. The zero-order valence-corrected chi connectivity index (χ0v) is 11.8. The quantitative estimate of drug-likeness (QED) is 0.461. The topological polar surface area (TPSA) is 40.5 Å². The molecule has 1 atom stereocenters. The Morgan fingerprint density at radius 1 is 1.35 bits per heavy atom. The van der Waals surface area contributed by atoms with Gasteiger partial charge in [-0.2, -0.15) is 0 Å². The number of hydrogen-bond acceptors (Lipinski definition) is 3. The van der Waals surface area contributed by atoms with Crippen LogP contribution in [0.2, 0.25) is 0 Å². The van der Waals surface area contributed by atoms with Crippen LogP contribution in [0.25, 0.3) is 10.9 Å². The molecule has 4 heteroatoms. The second-order valence-corrected chi connectivity index (χ2v) is 4.53. The Bertz CT molecular complexity index is 601. The molecule has 0 spiro atoms. The van der Waals surface area contributed by atoms with Gasteiger partial charge in [-0.3, -0.25) is 0 Å². The van der Waals surface area contributed by atoms with Crippen molar-refractivity contribution in [3.05, 3.63) is 48.9 Å². The number of nitrogens with zero attached hydrogens (tertiary/aromatic N) is 1. The van der Waals surface area contributed by atoms with E-state index in [4.69, 9.17) is 9.47 Å². The molecule has 0 aliphatic rings. The van der Waals surface area contributed by atoms with Crippen LogP contribution in [-0.4, -0.2) is 23.2 Å². The third kappa shape index (κ3) is 3.63. The van der Waals surface area contributed by atoms with E-state index in [9.17, 15) is 4.79 Å². The van der Waals surface area contributed by atoms with Gasteiger partial charge in [0.15, 0.2) is 0 Å². The van der Waals surface area contributed by atoms with Crippen molar-refractivity contribution < 1.29 is 14.3 Å². The van der Waals surface area contributed by atoms with Crippen LogP contribution in [0.15, 0.2) is 48.9 Å². The molecule has 0 aliphatic heterocycles. The molecular weight excluding hydrogens is 254 g/mol. The first-order valence-electron chi connectivity index (χ1n) is 6.73. The largest absolute Gasteiger partial charge is 0.496 e. The first kappa shape index (κ1) is 14.2. The highest BCUT2D eigenvalue weighted by atomic mass is 16.5. The number of carbonyl (C=O) groups excluding carboxylic acids is 1. The Hall–Kier alpha value is -2.23. The van der Waals surface area contributed by atoms with Crippen LogP contribution in [0.3, 0.4) is 0 Å². The monoisotopic (exact) mass is 273 g/mol. The number of hydrogen-bond donors (Lipinski definition) is 0. The average Bonchev–Trinajstić information content (AvgIpc) is 2.83. The second-order valence-electron chi connectivity index (χ2n) is 4.53. The highest BCUT2D eigenvalue weighted by molar-refractivity contribution is 5.81. The number of aromatic nitrogens is 1. The zero-order valence-electron chi connectivity index (χ0n) is 11.8. The van der Waals surface area contributed by atoms with Gasteiger partial charge in [-0.15, -0.1) is 0 Å². The molecule has 1 aromatic heterocycles. The van der Waals surface area contributed by atoms with E-state index in [1.54, 1.807) is 6.92 Å². The van der Waals surface area contributed by atoms with Gasteiger partial charge in [0.2, 0.25) is 0 Å². The number of fused-ring (bicyclic) bond motifs is 1. The van der Waals surface area contributed by atoms with Crippen molar-refractivity contribution in [1.29, 1.82) is 0 Å². The van der Waals surface area contributed by atoms with Gasteiger partial charge in [0, 0.05) is 11.7 Å². The summed E-state index contributed by atoms with van der Waals surface area (Å²) < 4.78 is 12.4. The first-order valence-corrected chi connectivity index (χ1v) is 6.73. The van der Waals surface area contributed by atoms with Crippen molar-refractivity contribution in [2.24, 2.45) is 0 Å². The van der Waals surface area contributed by atoms with E-state index in [0.29, 0.717) is 6.61 Å². The van der Waals surface area contributed by atoms with Crippen LogP contribution in [0.4, 0.5) is 0 Å². The maximum Gasteiger partial charge on any atom is 0.333 e. The molecule has 20 heavy (non-hydrogen) atoms. The fourth-order valence-electron chi connectivity index (χ4n) is 2.04. The smallest absolute Gasteiger partial charge is 0.333 e. The lowest BCUT2D eigenvalue weighted by Crippen LogP contribution is -2.13. The lowest BCUT2D eigenvalue weighted by Gasteiger charge is -2.13. The van der Waals surface area contributed by atoms with Crippen molar-refractivity contribution in [2.45, 2.75) is 26.5 Å². The molecule has 0 radical (unpaired) electrons. The molecule has 0 N–H and O–H groups in total. The highest BCUT2D eigenvalue weighted by Gasteiger charge is 2.05. The summed E-state index contributed by atoms with van der Waals surface area (Å²) in [5.41, 5.74) is 1.18. The summed E-state index contributed by atoms with van der Waals surface area (Å²) in [6.07, 6.45) is 4.71. The van der Waals surface area contributed by atoms with E-state index in [1.165, 1.54) is 23.2 Å². The number of carbonyl (C=O) groups is 1. The molecule has 0 bridgehead atoms. The molecule has 0 aliphatic carbocycles. The summed E-state index contributed by atoms with van der Waals surface area (Å²) in [4.78, 5) is 11.1. The molecule has 2 aromatic rings. The molecular formula is C16H19NO3. The SMILES string of the molecule is CCOC(=O)/C=C/OC(C)Cn1ccc2ccccc21. The van der Waals surface area contributed by atoms with Crippen LogP contribution >= 0.6 is 0 Å². The Morgan fingerprint density at radius 3 is 2.95 bits per heavy atom. The average molecular weight is 273 g/mol. The molecule has 2 rings (SSSR count). The maximum atomic E-state index is 11.1. The lowest BCUT2D eigenvalue weighted by atomic mass is 10.2. The van der Waals surface area contributed by atoms with E-state index < -0.39 is 0 Å². The molecule has 0 saturated heterocycles. The second kappa shape index (κ2) is 6.80. The Labute approximate surface area is 118 Å². The number of esters is 1. The summed E-state index contributed by atoms with van der Waals surface area (Å²) >= 11 is 0. The highest BCUT2D eigenvalue weighted by Crippen LogP contribution is 2.15. The number of rotatable bonds is 6. The molecule has 4 nitrogen and oxygen atoms in total. The van der Waals surface area contributed by atoms with Crippen molar-refractivity contribution in [3.8, 4) is 0 Å². The Balaban J connectivity index is 1.91. The van der Waals surface area contributed by atoms with E-state index in [-0.39, 0.29) is 12.1 Å². The molecule has 0 fully saturated rings. The van der Waals surface area contributed by atoms with Gasteiger partial charge >= 0.3 is 5.97 Å². The standard InChI is InChI=1S/C16H19NO3/c1-3-19-16(18)9-11-20-13(2)12-17-10-8-14-6-4-5-7-15(14)17/h4-11,13H,3,12H2,1-2H3/b11-9+. The Morgan fingerprint density at radius 2 is 2.15 bits per heavy atom. The van der Waals surface area contributed by atoms with Crippen molar-refractivity contribution >= 4 is 16.9 Å². The van der Waals surface area contributed by atoms with Gasteiger partial charge in [0.05, 0.1) is 25.5 Å². The summed E-state index contributed by atoms with van der Waals surface area (Å²) in [7, 11) is 0. The van der Waals surface area contributed by atoms with E-state index in [0.717, 1.165) is 6.54 Å². The molecule has 0 saturated carbocycles. The van der Waals surface area contributed by atoms with Crippen molar-refractivity contribution in [1.82, 2.24) is 4.57 Å². The normalized spacial score (nSPS) is 12.7. The molecule has 1 unspecified atom stereocenters. The van der Waals surface area contributed by atoms with Crippen LogP contribution < -0.4 is 0 Å². The van der Waals surface area contributed by atoms with E-state index >= 15 is 0 Å². The third-order valence-corrected chi connectivity index (χ3v) is 2.94. The van der Waals surface area contributed by atoms with Crippen LogP contribution in [0.5, 0.6) is 0 Å². The Kier molecular flexibility index (Phi) is 4.82. The fraction of sp³-hybridized carbons (Fsp3) is 0.312. The maximum absolute atomic E-state index is 11.1. The van der Waals surface area contributed by atoms with Crippen LogP contribution in [0, 0.1) is 0 Å². The summed E-state index contributed by atoms with van der Waals surface area (Å²) in [5.74, 6) is -0.383. The molecule has 0 amide bonds. The fourth-order valence-corrected chi connectivity index (χ4v) is 2.04. The van der Waals surface area contributed by atoms with Gasteiger partial charge in [-0.25, -0.2) is 4.79 Å². The molecule has 1 aromatic carbocycles. The van der Waals surface area contributed by atoms with Crippen molar-refractivity contribution in [3.63, 3.8) is 0 Å². The van der Waals surface area contributed by atoms with Crippen molar-refractivity contribution in [2.75, 3.05) is 6.61 Å². The first-order chi connectivity index (χ1) is 9.70. The van der Waals surface area contributed by atoms with Gasteiger partial charge in [0.1, 0.15) is 6.10 Å². The summed E-state index contributed by atoms with van der Waals surface area (Å²) in [6.45, 7) is 4.82. The van der Waals surface area contributed by atoms with E-state index in [1.807, 2.05) is 25.3 Å². The van der Waals surface area contributed by atoms with Gasteiger partial charge in [-0.05, 0) is 31.4 Å². The van der Waals surface area contributed by atoms with Crippen LogP contribution in [-0.2, 0) is 20.8 Å². The number of benzene rings is 1.